The average Bonchev–Trinajstić information content (AvgIpc) is 2.60. The fourth-order valence-corrected chi connectivity index (χ4v) is 2.65. The van der Waals surface area contributed by atoms with Crippen molar-refractivity contribution in [1.29, 1.82) is 0 Å². The zero-order valence-corrected chi connectivity index (χ0v) is 13.2. The normalized spacial score (nSPS) is 17.9. The first-order valence-corrected chi connectivity index (χ1v) is 7.75. The van der Waals surface area contributed by atoms with Crippen LogP contribution in [0.2, 0.25) is 0 Å². The van der Waals surface area contributed by atoms with Crippen molar-refractivity contribution in [3.63, 3.8) is 0 Å². The van der Waals surface area contributed by atoms with Gasteiger partial charge in [-0.2, -0.15) is 0 Å². The molecule has 1 aromatic carbocycles. The van der Waals surface area contributed by atoms with Gasteiger partial charge in [0.15, 0.2) is 0 Å². The van der Waals surface area contributed by atoms with Gasteiger partial charge in [0, 0.05) is 25.2 Å². The Morgan fingerprint density at radius 2 is 2.22 bits per heavy atom. The maximum absolute atomic E-state index is 12.2. The molecule has 1 aromatic heterocycles. The third kappa shape index (κ3) is 3.97. The maximum Gasteiger partial charge on any atom is 0.317 e. The number of pyridine rings is 1. The van der Waals surface area contributed by atoms with E-state index in [1.807, 2.05) is 30.3 Å². The van der Waals surface area contributed by atoms with E-state index in [1.165, 1.54) is 0 Å². The second-order valence-corrected chi connectivity index (χ2v) is 5.59. The van der Waals surface area contributed by atoms with Crippen molar-refractivity contribution in [2.45, 2.75) is 12.6 Å². The number of hydrogen-bond donors (Lipinski definition) is 1. The van der Waals surface area contributed by atoms with E-state index in [0.29, 0.717) is 32.9 Å². The van der Waals surface area contributed by atoms with Gasteiger partial charge in [0.25, 0.3) is 0 Å². The molecule has 1 N–H and O–H groups in total. The quantitative estimate of drug-likeness (QED) is 0.934. The lowest BCUT2D eigenvalue weighted by Gasteiger charge is -2.27. The number of para-hydroxylation sites is 1. The zero-order valence-electron chi connectivity index (χ0n) is 13.2. The molecular formula is C17H21N3O3. The van der Waals surface area contributed by atoms with Gasteiger partial charge in [-0.15, -0.1) is 0 Å². The smallest absolute Gasteiger partial charge is 0.317 e. The van der Waals surface area contributed by atoms with Crippen LogP contribution in [0.15, 0.2) is 36.5 Å². The zero-order chi connectivity index (χ0) is 16.1. The summed E-state index contributed by atoms with van der Waals surface area (Å²) in [6.45, 7) is 2.73. The minimum atomic E-state index is -0.125. The van der Waals surface area contributed by atoms with Crippen LogP contribution < -0.4 is 5.32 Å². The van der Waals surface area contributed by atoms with E-state index >= 15 is 0 Å². The summed E-state index contributed by atoms with van der Waals surface area (Å²) in [7, 11) is 1.76. The third-order valence-electron chi connectivity index (χ3n) is 3.88. The van der Waals surface area contributed by atoms with Crippen molar-refractivity contribution in [1.82, 2.24) is 15.2 Å². The molecule has 2 aromatic rings. The van der Waals surface area contributed by atoms with Crippen molar-refractivity contribution < 1.29 is 14.3 Å². The lowest BCUT2D eigenvalue weighted by atomic mass is 10.1. The Morgan fingerprint density at radius 3 is 3.04 bits per heavy atom. The number of carbonyl (C=O) groups excluding carboxylic acids is 1. The van der Waals surface area contributed by atoms with Gasteiger partial charge in [-0.05, 0) is 17.7 Å². The fourth-order valence-electron chi connectivity index (χ4n) is 2.65. The number of hydrogen-bond acceptors (Lipinski definition) is 4. The number of rotatable bonds is 4. The monoisotopic (exact) mass is 315 g/mol. The van der Waals surface area contributed by atoms with Crippen molar-refractivity contribution in [3.05, 3.63) is 42.1 Å². The molecule has 6 nitrogen and oxygen atoms in total. The molecule has 3 rings (SSSR count). The van der Waals surface area contributed by atoms with Gasteiger partial charge in [-0.25, -0.2) is 4.79 Å². The van der Waals surface area contributed by atoms with E-state index in [-0.39, 0.29) is 12.1 Å². The van der Waals surface area contributed by atoms with Crippen molar-refractivity contribution in [2.75, 3.05) is 33.4 Å². The SMILES string of the molecule is CN(CC1COCCO1)C(=O)NCc1ccnc2ccccc12. The van der Waals surface area contributed by atoms with E-state index in [1.54, 1.807) is 18.1 Å². The standard InChI is InChI=1S/C17H21N3O3/c1-20(11-14-12-22-8-9-23-14)17(21)19-10-13-6-7-18-16-5-3-2-4-15(13)16/h2-7,14H,8-12H2,1H3,(H,19,21). The van der Waals surface area contributed by atoms with Crippen molar-refractivity contribution in [3.8, 4) is 0 Å². The summed E-state index contributed by atoms with van der Waals surface area (Å²) < 4.78 is 10.9. The van der Waals surface area contributed by atoms with E-state index < -0.39 is 0 Å². The molecule has 1 atom stereocenters. The summed E-state index contributed by atoms with van der Waals surface area (Å²) in [6.07, 6.45) is 1.71. The third-order valence-corrected chi connectivity index (χ3v) is 3.88. The first-order valence-electron chi connectivity index (χ1n) is 7.75. The molecule has 1 saturated heterocycles. The minimum Gasteiger partial charge on any atom is -0.376 e. The Labute approximate surface area is 135 Å². The summed E-state index contributed by atoms with van der Waals surface area (Å²) in [5.41, 5.74) is 1.98. The number of nitrogens with zero attached hydrogens (tertiary/aromatic N) is 2. The predicted octanol–water partition coefficient (Wildman–Crippen LogP) is 1.79. The predicted molar refractivity (Wildman–Crippen MR) is 87.2 cm³/mol. The van der Waals surface area contributed by atoms with E-state index in [2.05, 4.69) is 10.3 Å². The Kier molecular flexibility index (Phi) is 5.05. The first-order chi connectivity index (χ1) is 11.2. The summed E-state index contributed by atoms with van der Waals surface area (Å²) in [4.78, 5) is 18.2. The van der Waals surface area contributed by atoms with Crippen LogP contribution in [0.25, 0.3) is 10.9 Å². The number of fused-ring (bicyclic) bond motifs is 1. The topological polar surface area (TPSA) is 63.7 Å². The van der Waals surface area contributed by atoms with Gasteiger partial charge >= 0.3 is 6.03 Å². The molecule has 0 radical (unpaired) electrons. The summed E-state index contributed by atoms with van der Waals surface area (Å²) in [6, 6.07) is 9.72. The van der Waals surface area contributed by atoms with Gasteiger partial charge in [0.1, 0.15) is 0 Å². The Balaban J connectivity index is 1.57. The molecule has 2 heterocycles. The van der Waals surface area contributed by atoms with Crippen LogP contribution in [-0.2, 0) is 16.0 Å². The Morgan fingerprint density at radius 1 is 1.35 bits per heavy atom. The highest BCUT2D eigenvalue weighted by Crippen LogP contribution is 2.15. The van der Waals surface area contributed by atoms with Crippen molar-refractivity contribution >= 4 is 16.9 Å². The highest BCUT2D eigenvalue weighted by molar-refractivity contribution is 5.82. The highest BCUT2D eigenvalue weighted by Gasteiger charge is 2.19. The average molecular weight is 315 g/mol. The van der Waals surface area contributed by atoms with Gasteiger partial charge in [-0.3, -0.25) is 4.98 Å². The van der Waals surface area contributed by atoms with Gasteiger partial charge in [0.05, 0.1) is 38.0 Å². The molecule has 1 aliphatic rings. The number of amides is 2. The van der Waals surface area contributed by atoms with Gasteiger partial charge in [-0.1, -0.05) is 18.2 Å². The number of likely N-dealkylation sites (N-methyl/N-ethyl adjacent to an activating group) is 1. The number of urea groups is 1. The molecule has 6 heteroatoms. The molecule has 122 valence electrons. The lowest BCUT2D eigenvalue weighted by Crippen LogP contribution is -2.44. The van der Waals surface area contributed by atoms with Crippen LogP contribution in [-0.4, -0.2) is 55.4 Å². The lowest BCUT2D eigenvalue weighted by molar-refractivity contribution is -0.0928. The van der Waals surface area contributed by atoms with E-state index in [0.717, 1.165) is 16.5 Å². The number of ether oxygens (including phenoxy) is 2. The van der Waals surface area contributed by atoms with Crippen LogP contribution in [0.3, 0.4) is 0 Å². The second-order valence-electron chi connectivity index (χ2n) is 5.59. The molecule has 1 aliphatic heterocycles. The van der Waals surface area contributed by atoms with Gasteiger partial charge < -0.3 is 19.7 Å². The molecule has 0 spiro atoms. The van der Waals surface area contributed by atoms with Crippen LogP contribution in [0.4, 0.5) is 4.79 Å². The van der Waals surface area contributed by atoms with Gasteiger partial charge in [0.2, 0.25) is 0 Å². The van der Waals surface area contributed by atoms with Crippen LogP contribution in [0, 0.1) is 0 Å². The van der Waals surface area contributed by atoms with E-state index in [9.17, 15) is 4.79 Å². The number of nitrogens with one attached hydrogen (secondary N) is 1. The molecule has 1 unspecified atom stereocenters. The van der Waals surface area contributed by atoms with Crippen LogP contribution in [0.5, 0.6) is 0 Å². The fraction of sp³-hybridized carbons (Fsp3) is 0.412. The molecular weight excluding hydrogens is 294 g/mol. The first kappa shape index (κ1) is 15.7. The number of benzene rings is 1. The Bertz CT molecular complexity index is 666. The van der Waals surface area contributed by atoms with Crippen LogP contribution in [0.1, 0.15) is 5.56 Å². The highest BCUT2D eigenvalue weighted by atomic mass is 16.6. The Hall–Kier alpha value is -2.18. The minimum absolute atomic E-state index is 0.0544. The molecule has 1 fully saturated rings. The second kappa shape index (κ2) is 7.39. The molecule has 0 aliphatic carbocycles. The molecule has 0 saturated carbocycles. The summed E-state index contributed by atoms with van der Waals surface area (Å²) in [5.74, 6) is 0. The number of carbonyl (C=O) groups is 1. The summed E-state index contributed by atoms with van der Waals surface area (Å²) in [5, 5.41) is 4.00. The molecule has 2 amide bonds. The van der Waals surface area contributed by atoms with E-state index in [4.69, 9.17) is 9.47 Å². The summed E-state index contributed by atoms with van der Waals surface area (Å²) >= 11 is 0. The number of aromatic nitrogens is 1. The van der Waals surface area contributed by atoms with Crippen LogP contribution >= 0.6 is 0 Å². The molecule has 23 heavy (non-hydrogen) atoms. The maximum atomic E-state index is 12.2. The van der Waals surface area contributed by atoms with Crippen molar-refractivity contribution in [2.24, 2.45) is 0 Å². The molecule has 0 bridgehead atoms. The largest absolute Gasteiger partial charge is 0.376 e.